The summed E-state index contributed by atoms with van der Waals surface area (Å²) in [4.78, 5) is 19.9. The highest BCUT2D eigenvalue weighted by atomic mass is 19.1. The molecule has 2 aromatic heterocycles. The van der Waals surface area contributed by atoms with Gasteiger partial charge in [-0.25, -0.2) is 19.2 Å². The van der Waals surface area contributed by atoms with Crippen molar-refractivity contribution < 1.29 is 33.7 Å². The molecule has 0 atom stereocenters. The van der Waals surface area contributed by atoms with Crippen molar-refractivity contribution in [2.45, 2.75) is 0 Å². The average molecular weight is 425 g/mol. The maximum atomic E-state index is 14.4. The number of nitrogens with zero attached hydrogens (tertiary/aromatic N) is 2. The van der Waals surface area contributed by atoms with Crippen molar-refractivity contribution in [2.75, 3.05) is 18.5 Å². The summed E-state index contributed by atoms with van der Waals surface area (Å²) in [5.74, 6) is -2.62. The number of nitrogens with one attached hydrogen (secondary N) is 1. The molecule has 9 nitrogen and oxygen atoms in total. The second-order valence-electron chi connectivity index (χ2n) is 6.40. The molecule has 31 heavy (non-hydrogen) atoms. The number of carboxylic acids is 1. The van der Waals surface area contributed by atoms with E-state index in [0.29, 0.717) is 17.0 Å². The van der Waals surface area contributed by atoms with Gasteiger partial charge in [-0.1, -0.05) is 0 Å². The van der Waals surface area contributed by atoms with Crippen LogP contribution in [-0.4, -0.2) is 45.7 Å². The average Bonchev–Trinajstić information content (AvgIpc) is 3.29. The molecule has 0 bridgehead atoms. The Labute approximate surface area is 174 Å². The van der Waals surface area contributed by atoms with E-state index in [1.54, 1.807) is 18.3 Å². The number of hydrogen-bond acceptors (Lipinski definition) is 8. The maximum Gasteiger partial charge on any atom is 0.345 e. The van der Waals surface area contributed by atoms with Crippen LogP contribution in [0.5, 0.6) is 11.5 Å². The SMILES string of the molecule is O=C(O)c1c(Nc2ccc(OCCO)cc2F)oc(C=C2C=Nc3ncccc32)c1O. The number of aromatic nitrogens is 1. The Morgan fingerprint density at radius 3 is 2.90 bits per heavy atom. The molecule has 1 aliphatic rings. The molecule has 0 fully saturated rings. The molecule has 0 saturated heterocycles. The van der Waals surface area contributed by atoms with Crippen molar-refractivity contribution in [3.05, 3.63) is 59.2 Å². The van der Waals surface area contributed by atoms with Crippen molar-refractivity contribution >= 4 is 41.2 Å². The summed E-state index contributed by atoms with van der Waals surface area (Å²) in [6.07, 6.45) is 4.52. The van der Waals surface area contributed by atoms with Gasteiger partial charge < -0.3 is 29.8 Å². The number of anilines is 2. The van der Waals surface area contributed by atoms with Gasteiger partial charge in [0, 0.05) is 29.6 Å². The van der Waals surface area contributed by atoms with Gasteiger partial charge in [0.25, 0.3) is 0 Å². The van der Waals surface area contributed by atoms with Crippen molar-refractivity contribution in [2.24, 2.45) is 4.99 Å². The highest BCUT2D eigenvalue weighted by molar-refractivity contribution is 6.21. The Kier molecular flexibility index (Phi) is 5.37. The number of aromatic hydroxyl groups is 1. The lowest BCUT2D eigenvalue weighted by Crippen LogP contribution is -2.03. The monoisotopic (exact) mass is 425 g/mol. The van der Waals surface area contributed by atoms with Crippen molar-refractivity contribution in [3.63, 3.8) is 0 Å². The molecule has 1 aliphatic heterocycles. The second-order valence-corrected chi connectivity index (χ2v) is 6.40. The minimum atomic E-state index is -1.46. The van der Waals surface area contributed by atoms with E-state index in [1.165, 1.54) is 24.4 Å². The predicted molar refractivity (Wildman–Crippen MR) is 110 cm³/mol. The number of halogens is 1. The van der Waals surface area contributed by atoms with Crippen LogP contribution in [0.4, 0.5) is 21.8 Å². The predicted octanol–water partition coefficient (Wildman–Crippen LogP) is 3.59. The van der Waals surface area contributed by atoms with Crippen LogP contribution in [-0.2, 0) is 0 Å². The van der Waals surface area contributed by atoms with E-state index in [4.69, 9.17) is 14.3 Å². The molecular weight excluding hydrogens is 409 g/mol. The number of carbonyl (C=O) groups is 1. The molecule has 3 aromatic rings. The van der Waals surface area contributed by atoms with Crippen LogP contribution < -0.4 is 10.1 Å². The smallest absolute Gasteiger partial charge is 0.345 e. The minimum absolute atomic E-state index is 0.00140. The molecule has 0 spiro atoms. The van der Waals surface area contributed by atoms with Crippen LogP contribution in [0.3, 0.4) is 0 Å². The molecule has 0 aliphatic carbocycles. The molecule has 0 unspecified atom stereocenters. The summed E-state index contributed by atoms with van der Waals surface area (Å²) in [7, 11) is 0. The molecule has 0 amide bonds. The van der Waals surface area contributed by atoms with Gasteiger partial charge in [0.05, 0.1) is 12.3 Å². The number of benzene rings is 1. The molecule has 3 heterocycles. The Morgan fingerprint density at radius 1 is 1.32 bits per heavy atom. The summed E-state index contributed by atoms with van der Waals surface area (Å²) < 4.78 is 25.0. The third kappa shape index (κ3) is 3.96. The lowest BCUT2D eigenvalue weighted by Gasteiger charge is -2.08. The molecule has 10 heteroatoms. The van der Waals surface area contributed by atoms with Crippen LogP contribution in [0.2, 0.25) is 0 Å². The van der Waals surface area contributed by atoms with E-state index in [-0.39, 0.29) is 36.3 Å². The molecule has 158 valence electrons. The zero-order chi connectivity index (χ0) is 22.0. The zero-order valence-electron chi connectivity index (χ0n) is 15.9. The van der Waals surface area contributed by atoms with Gasteiger partial charge in [-0.15, -0.1) is 0 Å². The van der Waals surface area contributed by atoms with Gasteiger partial charge >= 0.3 is 5.97 Å². The number of pyridine rings is 1. The molecule has 1 aromatic carbocycles. The Hall–Kier alpha value is -4.18. The first kappa shape index (κ1) is 20.1. The summed E-state index contributed by atoms with van der Waals surface area (Å²) in [5, 5.41) is 31.3. The van der Waals surface area contributed by atoms with E-state index >= 15 is 0 Å². The Bertz CT molecular complexity index is 1220. The normalized spacial score (nSPS) is 13.4. The fourth-order valence-corrected chi connectivity index (χ4v) is 2.98. The van der Waals surface area contributed by atoms with Gasteiger partial charge in [0.1, 0.15) is 18.2 Å². The number of allylic oxidation sites excluding steroid dienone is 1. The van der Waals surface area contributed by atoms with Crippen LogP contribution in [0.15, 0.2) is 45.9 Å². The molecule has 4 N–H and O–H groups in total. The van der Waals surface area contributed by atoms with E-state index < -0.39 is 23.1 Å². The first-order chi connectivity index (χ1) is 15.0. The summed E-state index contributed by atoms with van der Waals surface area (Å²) in [5.41, 5.74) is 0.610. The number of aromatic carboxylic acids is 1. The lowest BCUT2D eigenvalue weighted by molar-refractivity contribution is 0.0695. The number of ether oxygens (including phenoxy) is 1. The third-order valence-corrected chi connectivity index (χ3v) is 4.38. The largest absolute Gasteiger partial charge is 0.504 e. The van der Waals surface area contributed by atoms with Gasteiger partial charge in [-0.3, -0.25) is 0 Å². The highest BCUT2D eigenvalue weighted by Gasteiger charge is 2.26. The Balaban J connectivity index is 1.68. The second kappa shape index (κ2) is 8.28. The molecular formula is C21H16FN3O6. The van der Waals surface area contributed by atoms with Crippen LogP contribution in [0, 0.1) is 5.82 Å². The third-order valence-electron chi connectivity index (χ3n) is 4.38. The lowest BCUT2D eigenvalue weighted by atomic mass is 10.1. The molecule has 4 rings (SSSR count). The van der Waals surface area contributed by atoms with E-state index in [9.17, 15) is 19.4 Å². The number of aliphatic imine (C=N–C) groups is 1. The number of aliphatic hydroxyl groups excluding tert-OH is 1. The first-order valence-electron chi connectivity index (χ1n) is 9.08. The summed E-state index contributed by atoms with van der Waals surface area (Å²) in [6, 6.07) is 7.32. The number of rotatable bonds is 7. The number of hydrogen-bond donors (Lipinski definition) is 4. The standard InChI is InChI=1S/C21H16FN3O6/c22-14-9-12(30-7-6-26)3-4-15(14)25-20-17(21(28)29)18(27)16(31-20)8-11-10-24-19-13(11)2-1-5-23-19/h1-5,8-10,25-27H,6-7H2,(H,28,29). The number of fused-ring (bicyclic) bond motifs is 1. The number of aliphatic hydroxyl groups is 1. The number of carboxylic acid groups (broad SMARTS) is 1. The van der Waals surface area contributed by atoms with E-state index in [1.807, 2.05) is 0 Å². The maximum absolute atomic E-state index is 14.4. The molecule has 0 saturated carbocycles. The summed E-state index contributed by atoms with van der Waals surface area (Å²) >= 11 is 0. The van der Waals surface area contributed by atoms with Gasteiger partial charge in [0.15, 0.2) is 22.9 Å². The quantitative estimate of drug-likeness (QED) is 0.451. The van der Waals surface area contributed by atoms with Gasteiger partial charge in [0.2, 0.25) is 5.88 Å². The zero-order valence-corrected chi connectivity index (χ0v) is 15.9. The van der Waals surface area contributed by atoms with Crippen molar-refractivity contribution in [1.82, 2.24) is 4.98 Å². The van der Waals surface area contributed by atoms with Crippen LogP contribution >= 0.6 is 0 Å². The fraction of sp³-hybridized carbons (Fsp3) is 0.0952. The first-order valence-corrected chi connectivity index (χ1v) is 9.08. The molecule has 0 radical (unpaired) electrons. The van der Waals surface area contributed by atoms with Crippen molar-refractivity contribution in [3.8, 4) is 11.5 Å². The Morgan fingerprint density at radius 2 is 2.16 bits per heavy atom. The van der Waals surface area contributed by atoms with E-state index in [2.05, 4.69) is 15.3 Å². The van der Waals surface area contributed by atoms with Crippen LogP contribution in [0.1, 0.15) is 21.7 Å². The van der Waals surface area contributed by atoms with Crippen LogP contribution in [0.25, 0.3) is 11.6 Å². The topological polar surface area (TPSA) is 137 Å². The minimum Gasteiger partial charge on any atom is -0.504 e. The number of furan rings is 1. The summed E-state index contributed by atoms with van der Waals surface area (Å²) in [6.45, 7) is -0.222. The van der Waals surface area contributed by atoms with Crippen molar-refractivity contribution in [1.29, 1.82) is 0 Å². The highest BCUT2D eigenvalue weighted by Crippen LogP contribution is 2.39. The van der Waals surface area contributed by atoms with Gasteiger partial charge in [-0.2, -0.15) is 0 Å². The fourth-order valence-electron chi connectivity index (χ4n) is 2.98. The van der Waals surface area contributed by atoms with E-state index in [0.717, 1.165) is 6.07 Å². The van der Waals surface area contributed by atoms with Gasteiger partial charge in [-0.05, 0) is 30.3 Å².